The first-order chi connectivity index (χ1) is 19.5. The summed E-state index contributed by atoms with van der Waals surface area (Å²) >= 11 is 1.78. The minimum Gasteiger partial charge on any atom is -0.410 e. The number of β-lactam (4-membered cyclic amide) rings is 1. The number of nitrogen functional groups attached to an aromatic ring is 1. The number of hydrogen-bond acceptors (Lipinski definition) is 12. The molecule has 21 heteroatoms. The molecule has 1 aromatic rings. The van der Waals surface area contributed by atoms with Crippen LogP contribution < -0.4 is 11.1 Å². The summed E-state index contributed by atoms with van der Waals surface area (Å²) in [6.45, 7) is -1.90. The maximum atomic E-state index is 13.0. The number of aromatic nitrogens is 1. The number of nitrogens with one attached hydrogen (secondary N) is 1. The van der Waals surface area contributed by atoms with E-state index in [-0.39, 0.29) is 40.7 Å². The van der Waals surface area contributed by atoms with Crippen LogP contribution >= 0.6 is 23.1 Å². The smallest absolute Gasteiger partial charge is 0.410 e. The second kappa shape index (κ2) is 11.3. The molecule has 0 saturated carbocycles. The summed E-state index contributed by atoms with van der Waals surface area (Å²) in [6.07, 6.45) is -9.56. The molecule has 2 atom stereocenters. The van der Waals surface area contributed by atoms with Gasteiger partial charge in [0, 0.05) is 23.3 Å². The molecule has 42 heavy (non-hydrogen) atoms. The number of hydrogen-bond donors (Lipinski definition) is 3. The molecule has 226 valence electrons. The molecule has 0 unspecified atom stereocenters. The van der Waals surface area contributed by atoms with Gasteiger partial charge in [-0.1, -0.05) is 5.16 Å². The number of nitrogens with two attached hydrogens (primary N) is 1. The van der Waals surface area contributed by atoms with Crippen LogP contribution in [0.2, 0.25) is 0 Å². The minimum absolute atomic E-state index is 0.0262. The Hall–Kier alpha value is -4.14. The number of ether oxygens (including phenoxy) is 1. The molecule has 0 bridgehead atoms. The topological polar surface area (TPSA) is 185 Å². The number of fused-ring (bicyclic) bond motifs is 1. The number of anilines is 1. The fourth-order valence-corrected chi connectivity index (χ4v) is 5.98. The minimum atomic E-state index is -5.59. The molecule has 2 fully saturated rings. The maximum Gasteiger partial charge on any atom is 0.491 e. The van der Waals surface area contributed by atoms with Crippen LogP contribution in [0.4, 0.5) is 31.5 Å². The first kappa shape index (κ1) is 30.8. The molecule has 0 aromatic carbocycles. The van der Waals surface area contributed by atoms with Crippen LogP contribution in [-0.4, -0.2) is 98.0 Å². The van der Waals surface area contributed by atoms with E-state index in [1.165, 1.54) is 5.38 Å². The molecule has 4 N–H and O–H groups in total. The van der Waals surface area contributed by atoms with Crippen LogP contribution in [0.3, 0.4) is 0 Å². The summed E-state index contributed by atoms with van der Waals surface area (Å²) in [7, 11) is 0. The summed E-state index contributed by atoms with van der Waals surface area (Å²) in [4.78, 5) is 67.2. The number of oxime groups is 1. The molecule has 0 aliphatic carbocycles. The van der Waals surface area contributed by atoms with Gasteiger partial charge in [-0.15, -0.1) is 23.1 Å². The third-order valence-corrected chi connectivity index (χ3v) is 7.88. The van der Waals surface area contributed by atoms with Gasteiger partial charge in [-0.25, -0.2) is 14.6 Å². The van der Waals surface area contributed by atoms with Crippen molar-refractivity contribution >= 4 is 63.6 Å². The zero-order valence-electron chi connectivity index (χ0n) is 20.5. The number of allylic oxidation sites excluding steroid dienone is 1. The van der Waals surface area contributed by atoms with Gasteiger partial charge in [0.2, 0.25) is 5.91 Å². The highest BCUT2D eigenvalue weighted by Gasteiger charge is 2.55. The molecule has 3 aliphatic heterocycles. The van der Waals surface area contributed by atoms with Crippen LogP contribution in [0, 0.1) is 0 Å². The lowest BCUT2D eigenvalue weighted by Gasteiger charge is -2.49. The van der Waals surface area contributed by atoms with E-state index in [0.717, 1.165) is 29.2 Å². The number of amides is 3. The lowest BCUT2D eigenvalue weighted by Crippen LogP contribution is -2.71. The summed E-state index contributed by atoms with van der Waals surface area (Å²) < 4.78 is 80.6. The highest BCUT2D eigenvalue weighted by molar-refractivity contribution is 8.00. The number of thiazole rings is 1. The van der Waals surface area contributed by atoms with Crippen LogP contribution in [0.15, 0.2) is 33.5 Å². The highest BCUT2D eigenvalue weighted by atomic mass is 32.2. The number of carbonyl (C=O) groups excluding carboxylic acids is 5. The number of rotatable bonds is 6. The third kappa shape index (κ3) is 6.20. The van der Waals surface area contributed by atoms with E-state index < -0.39 is 71.4 Å². The Morgan fingerprint density at radius 1 is 1.24 bits per heavy atom. The van der Waals surface area contributed by atoms with E-state index >= 15 is 0 Å². The molecule has 4 heterocycles. The van der Waals surface area contributed by atoms with Crippen molar-refractivity contribution in [1.82, 2.24) is 20.1 Å². The van der Waals surface area contributed by atoms with Crippen molar-refractivity contribution in [2.45, 2.75) is 30.2 Å². The second-order valence-electron chi connectivity index (χ2n) is 8.69. The van der Waals surface area contributed by atoms with Gasteiger partial charge >= 0.3 is 24.3 Å². The van der Waals surface area contributed by atoms with Gasteiger partial charge in [0.15, 0.2) is 10.8 Å². The van der Waals surface area contributed by atoms with Crippen molar-refractivity contribution in [1.29, 1.82) is 0 Å². The first-order valence-corrected chi connectivity index (χ1v) is 13.3. The normalized spacial score (nSPS) is 22.3. The number of esters is 2. The number of carbonyl (C=O) groups is 5. The Morgan fingerprint density at radius 3 is 2.50 bits per heavy atom. The Balaban J connectivity index is 1.62. The number of nitrogens with zero attached hydrogens (tertiary/aromatic N) is 4. The SMILES string of the molecule is Nc1nc(/C(=N/O)C(=O)N[C@@H]2C(=O)N3C(C(=O)OC(=O)C(F)(F)F)=C(C=C4CCN(CC(F)(F)F)C4=O)CS[C@H]23)cs1. The van der Waals surface area contributed by atoms with Crippen LogP contribution in [-0.2, 0) is 28.7 Å². The average molecular weight is 643 g/mol. The van der Waals surface area contributed by atoms with Gasteiger partial charge in [-0.2, -0.15) is 26.3 Å². The van der Waals surface area contributed by atoms with Crippen molar-refractivity contribution in [3.63, 3.8) is 0 Å². The number of alkyl halides is 6. The van der Waals surface area contributed by atoms with E-state index in [9.17, 15) is 55.5 Å². The Bertz CT molecular complexity index is 1450. The number of halogens is 6. The van der Waals surface area contributed by atoms with Gasteiger partial charge < -0.3 is 25.9 Å². The summed E-state index contributed by atoms with van der Waals surface area (Å²) in [5.41, 5.74) is 3.35. The van der Waals surface area contributed by atoms with E-state index in [1.807, 2.05) is 0 Å². The largest absolute Gasteiger partial charge is 0.491 e. The summed E-state index contributed by atoms with van der Waals surface area (Å²) in [5, 5.41) is 14.5. The van der Waals surface area contributed by atoms with Gasteiger partial charge in [0.25, 0.3) is 11.8 Å². The Kier molecular flexibility index (Phi) is 8.27. The first-order valence-electron chi connectivity index (χ1n) is 11.3. The van der Waals surface area contributed by atoms with Gasteiger partial charge in [0.05, 0.1) is 0 Å². The predicted octanol–water partition coefficient (Wildman–Crippen LogP) is 0.911. The maximum absolute atomic E-state index is 13.0. The van der Waals surface area contributed by atoms with E-state index in [4.69, 9.17) is 5.73 Å². The summed E-state index contributed by atoms with van der Waals surface area (Å²) in [6, 6.07) is -1.42. The molecule has 3 amide bonds. The molecule has 1 aromatic heterocycles. The Morgan fingerprint density at radius 2 is 1.93 bits per heavy atom. The van der Waals surface area contributed by atoms with Crippen LogP contribution in [0.1, 0.15) is 12.1 Å². The van der Waals surface area contributed by atoms with Crippen LogP contribution in [0.5, 0.6) is 0 Å². The van der Waals surface area contributed by atoms with Gasteiger partial charge in [-0.3, -0.25) is 19.3 Å². The molecular weight excluding hydrogens is 626 g/mol. The zero-order valence-corrected chi connectivity index (χ0v) is 22.1. The second-order valence-corrected chi connectivity index (χ2v) is 10.7. The lowest BCUT2D eigenvalue weighted by molar-refractivity contribution is -0.201. The molecule has 0 spiro atoms. The van der Waals surface area contributed by atoms with Crippen molar-refractivity contribution in [3.05, 3.63) is 34.0 Å². The molecule has 13 nitrogen and oxygen atoms in total. The highest BCUT2D eigenvalue weighted by Crippen LogP contribution is 2.42. The predicted molar refractivity (Wildman–Crippen MR) is 129 cm³/mol. The van der Waals surface area contributed by atoms with Crippen molar-refractivity contribution in [2.24, 2.45) is 5.16 Å². The van der Waals surface area contributed by atoms with Crippen molar-refractivity contribution < 1.29 is 60.3 Å². The number of thioether (sulfide) groups is 1. The van der Waals surface area contributed by atoms with Crippen LogP contribution in [0.25, 0.3) is 0 Å². The zero-order chi connectivity index (χ0) is 31.1. The molecule has 4 rings (SSSR count). The van der Waals surface area contributed by atoms with Gasteiger partial charge in [0.1, 0.15) is 29.4 Å². The van der Waals surface area contributed by atoms with Gasteiger partial charge in [-0.05, 0) is 18.1 Å². The molecule has 0 radical (unpaired) electrons. The van der Waals surface area contributed by atoms with Crippen molar-refractivity contribution in [3.8, 4) is 0 Å². The lowest BCUT2D eigenvalue weighted by atomic mass is 10.0. The quantitative estimate of drug-likeness (QED) is 0.0589. The molecular formula is C21H16F6N6O7S2. The third-order valence-electron chi connectivity index (χ3n) is 5.91. The fraction of sp³-hybridized carbons (Fsp3) is 0.381. The molecule has 2 saturated heterocycles. The number of likely N-dealkylation sites (tertiary alicyclic amines) is 1. The summed E-state index contributed by atoms with van der Waals surface area (Å²) in [5.74, 6) is -8.33. The van der Waals surface area contributed by atoms with E-state index in [0.29, 0.717) is 9.80 Å². The fourth-order valence-electron chi connectivity index (χ4n) is 4.13. The molecule has 3 aliphatic rings. The standard InChI is InChI=1S/C21H16F6N6O7S2/c22-20(23,24)6-32-2-1-7(14(32)35)3-8-4-41-16-11(30-13(34)10(31-39)9-5-42-19(28)29-9)15(36)33(16)12(8)17(37)40-18(38)21(25,26)27/h3,5,11,16,39H,1-2,4,6H2,(H2,28,29)(H,30,34)/b7-3?,31-10-/t11-,16-/m1/s1. The average Bonchev–Trinajstić information content (AvgIpc) is 3.46. The Labute approximate surface area is 238 Å². The van der Waals surface area contributed by atoms with Crippen molar-refractivity contribution in [2.75, 3.05) is 24.6 Å². The van der Waals surface area contributed by atoms with E-state index in [2.05, 4.69) is 20.2 Å². The monoisotopic (exact) mass is 642 g/mol. The van der Waals surface area contributed by atoms with E-state index in [1.54, 1.807) is 0 Å².